The third-order valence-electron chi connectivity index (χ3n) is 1.89. The van der Waals surface area contributed by atoms with Gasteiger partial charge < -0.3 is 10.5 Å². The molecule has 1 rings (SSSR count). The van der Waals surface area contributed by atoms with Gasteiger partial charge in [0.1, 0.15) is 5.82 Å². The highest BCUT2D eigenvalue weighted by Gasteiger charge is 2.11. The van der Waals surface area contributed by atoms with E-state index in [4.69, 9.17) is 10.5 Å². The molecule has 0 aliphatic rings. The largest absolute Gasteiger partial charge is 0.462 e. The van der Waals surface area contributed by atoms with Crippen LogP contribution < -0.4 is 5.73 Å². The van der Waals surface area contributed by atoms with Crippen molar-refractivity contribution < 1.29 is 9.53 Å². The Hall–Kier alpha value is -1.20. The fraction of sp³-hybridized carbons (Fsp3) is 0.500. The molecule has 5 nitrogen and oxygen atoms in total. The number of ether oxygens (including phenoxy) is 1. The summed E-state index contributed by atoms with van der Waals surface area (Å²) in [6, 6.07) is 0. The van der Waals surface area contributed by atoms with Crippen LogP contribution >= 0.6 is 12.4 Å². The first kappa shape index (κ1) is 14.8. The Labute approximate surface area is 101 Å². The summed E-state index contributed by atoms with van der Waals surface area (Å²) in [7, 11) is 0. The van der Waals surface area contributed by atoms with E-state index >= 15 is 0 Å². The summed E-state index contributed by atoms with van der Waals surface area (Å²) in [6.07, 6.45) is 2.11. The lowest BCUT2D eigenvalue weighted by Crippen LogP contribution is -2.12. The molecule has 0 fully saturated rings. The number of hydrogen-bond acceptors (Lipinski definition) is 5. The standard InChI is InChI=1S/C10H15N3O2.ClH/c1-3-15-10(14)8-6-12-9(4-5-11)13-7(8)2;/h6H,3-5,11H2,1-2H3;1H. The number of nitrogens with zero attached hydrogens (tertiary/aromatic N) is 2. The normalized spacial score (nSPS) is 9.44. The number of halogens is 1. The maximum atomic E-state index is 11.4. The van der Waals surface area contributed by atoms with E-state index in [9.17, 15) is 4.79 Å². The van der Waals surface area contributed by atoms with Crippen LogP contribution in [0.5, 0.6) is 0 Å². The summed E-state index contributed by atoms with van der Waals surface area (Å²) < 4.78 is 4.86. The van der Waals surface area contributed by atoms with Crippen LogP contribution in [0.25, 0.3) is 0 Å². The van der Waals surface area contributed by atoms with Crippen molar-refractivity contribution in [2.45, 2.75) is 20.3 Å². The Morgan fingerprint density at radius 2 is 2.25 bits per heavy atom. The number of aromatic nitrogens is 2. The molecule has 16 heavy (non-hydrogen) atoms. The highest BCUT2D eigenvalue weighted by molar-refractivity contribution is 5.90. The summed E-state index contributed by atoms with van der Waals surface area (Å²) in [4.78, 5) is 19.6. The molecule has 2 N–H and O–H groups in total. The van der Waals surface area contributed by atoms with E-state index in [1.54, 1.807) is 13.8 Å². The van der Waals surface area contributed by atoms with Gasteiger partial charge >= 0.3 is 5.97 Å². The molecular weight excluding hydrogens is 230 g/mol. The smallest absolute Gasteiger partial charge is 0.341 e. The molecule has 0 saturated heterocycles. The van der Waals surface area contributed by atoms with Gasteiger partial charge in [-0.25, -0.2) is 14.8 Å². The second-order valence-electron chi connectivity index (χ2n) is 3.04. The van der Waals surface area contributed by atoms with Crippen LogP contribution in [-0.4, -0.2) is 29.1 Å². The average molecular weight is 246 g/mol. The first-order valence-electron chi connectivity index (χ1n) is 4.88. The van der Waals surface area contributed by atoms with Gasteiger partial charge in [0.15, 0.2) is 0 Å². The molecule has 0 bridgehead atoms. The van der Waals surface area contributed by atoms with E-state index in [2.05, 4.69) is 9.97 Å². The minimum Gasteiger partial charge on any atom is -0.462 e. The summed E-state index contributed by atoms with van der Waals surface area (Å²) in [5, 5.41) is 0. The minimum absolute atomic E-state index is 0. The van der Waals surface area contributed by atoms with Gasteiger partial charge in [0.25, 0.3) is 0 Å². The molecule has 0 aliphatic carbocycles. The molecule has 0 amide bonds. The lowest BCUT2D eigenvalue weighted by molar-refractivity contribution is 0.0524. The summed E-state index contributed by atoms with van der Waals surface area (Å²) >= 11 is 0. The van der Waals surface area contributed by atoms with E-state index in [0.717, 1.165) is 0 Å². The minimum atomic E-state index is -0.380. The lowest BCUT2D eigenvalue weighted by Gasteiger charge is -2.05. The summed E-state index contributed by atoms with van der Waals surface area (Å²) in [6.45, 7) is 4.37. The van der Waals surface area contributed by atoms with Gasteiger partial charge in [-0.2, -0.15) is 0 Å². The van der Waals surface area contributed by atoms with Crippen LogP contribution in [0.15, 0.2) is 6.20 Å². The van der Waals surface area contributed by atoms with E-state index < -0.39 is 0 Å². The third-order valence-corrected chi connectivity index (χ3v) is 1.89. The van der Waals surface area contributed by atoms with Crippen LogP contribution in [-0.2, 0) is 11.2 Å². The number of hydrogen-bond donors (Lipinski definition) is 1. The van der Waals surface area contributed by atoms with Crippen LogP contribution in [0, 0.1) is 6.92 Å². The fourth-order valence-corrected chi connectivity index (χ4v) is 1.17. The zero-order chi connectivity index (χ0) is 11.3. The van der Waals surface area contributed by atoms with Crippen molar-refractivity contribution in [2.75, 3.05) is 13.2 Å². The molecule has 0 unspecified atom stereocenters. The number of nitrogens with two attached hydrogens (primary N) is 1. The molecule has 0 atom stereocenters. The second-order valence-corrected chi connectivity index (χ2v) is 3.04. The molecule has 1 aromatic rings. The van der Waals surface area contributed by atoms with Crippen LogP contribution in [0.3, 0.4) is 0 Å². The highest BCUT2D eigenvalue weighted by Crippen LogP contribution is 2.06. The van der Waals surface area contributed by atoms with Crippen molar-refractivity contribution >= 4 is 18.4 Å². The molecular formula is C10H16ClN3O2. The van der Waals surface area contributed by atoms with Crippen molar-refractivity contribution in [2.24, 2.45) is 5.73 Å². The van der Waals surface area contributed by atoms with E-state index in [0.29, 0.717) is 36.7 Å². The van der Waals surface area contributed by atoms with Gasteiger partial charge in [-0.1, -0.05) is 0 Å². The quantitative estimate of drug-likeness (QED) is 0.797. The van der Waals surface area contributed by atoms with Crippen molar-refractivity contribution in [3.63, 3.8) is 0 Å². The molecule has 6 heteroatoms. The lowest BCUT2D eigenvalue weighted by atomic mass is 10.2. The van der Waals surface area contributed by atoms with E-state index in [1.165, 1.54) is 6.20 Å². The Morgan fingerprint density at radius 1 is 1.56 bits per heavy atom. The van der Waals surface area contributed by atoms with E-state index in [1.807, 2.05) is 0 Å². The van der Waals surface area contributed by atoms with Gasteiger partial charge in [-0.05, 0) is 20.4 Å². The topological polar surface area (TPSA) is 78.1 Å². The number of carbonyl (C=O) groups is 1. The van der Waals surface area contributed by atoms with Gasteiger partial charge in [-0.3, -0.25) is 0 Å². The average Bonchev–Trinajstić information content (AvgIpc) is 2.18. The van der Waals surface area contributed by atoms with Crippen LogP contribution in [0.4, 0.5) is 0 Å². The predicted octanol–water partition coefficient (Wildman–Crippen LogP) is 0.885. The number of esters is 1. The van der Waals surface area contributed by atoms with Crippen molar-refractivity contribution in [1.82, 2.24) is 9.97 Å². The highest BCUT2D eigenvalue weighted by atomic mass is 35.5. The molecule has 0 spiro atoms. The van der Waals surface area contributed by atoms with Gasteiger partial charge in [0.2, 0.25) is 0 Å². The Kier molecular flexibility index (Phi) is 6.60. The maximum Gasteiger partial charge on any atom is 0.341 e. The van der Waals surface area contributed by atoms with Crippen LogP contribution in [0.1, 0.15) is 28.8 Å². The maximum absolute atomic E-state index is 11.4. The zero-order valence-corrected chi connectivity index (χ0v) is 10.2. The van der Waals surface area contributed by atoms with Gasteiger partial charge in [0.05, 0.1) is 17.9 Å². The Bertz CT molecular complexity index is 358. The molecule has 0 aliphatic heterocycles. The van der Waals surface area contributed by atoms with Crippen LogP contribution in [0.2, 0.25) is 0 Å². The van der Waals surface area contributed by atoms with Crippen molar-refractivity contribution in [3.05, 3.63) is 23.3 Å². The molecule has 90 valence electrons. The number of rotatable bonds is 4. The Balaban J connectivity index is 0.00000225. The SMILES string of the molecule is CCOC(=O)c1cnc(CCN)nc1C.Cl. The summed E-state index contributed by atoms with van der Waals surface area (Å²) in [5.41, 5.74) is 6.43. The third kappa shape index (κ3) is 3.75. The first-order valence-corrected chi connectivity index (χ1v) is 4.88. The van der Waals surface area contributed by atoms with Crippen molar-refractivity contribution in [1.29, 1.82) is 0 Å². The van der Waals surface area contributed by atoms with E-state index in [-0.39, 0.29) is 18.4 Å². The first-order chi connectivity index (χ1) is 7.19. The Morgan fingerprint density at radius 3 is 2.75 bits per heavy atom. The number of aryl methyl sites for hydroxylation is 1. The molecule has 0 saturated carbocycles. The zero-order valence-electron chi connectivity index (χ0n) is 9.40. The molecule has 0 aromatic carbocycles. The van der Waals surface area contributed by atoms with Gasteiger partial charge in [0, 0.05) is 12.6 Å². The monoisotopic (exact) mass is 245 g/mol. The number of carbonyl (C=O) groups excluding carboxylic acids is 1. The van der Waals surface area contributed by atoms with Crippen molar-refractivity contribution in [3.8, 4) is 0 Å². The molecule has 1 aromatic heterocycles. The molecule has 0 radical (unpaired) electrons. The molecule has 1 heterocycles. The van der Waals surface area contributed by atoms with Gasteiger partial charge in [-0.15, -0.1) is 12.4 Å². The fourth-order valence-electron chi connectivity index (χ4n) is 1.17. The predicted molar refractivity (Wildman–Crippen MR) is 62.7 cm³/mol. The second kappa shape index (κ2) is 7.14. The summed E-state index contributed by atoms with van der Waals surface area (Å²) in [5.74, 6) is 0.275.